The number of nitrogens with two attached hydrogens (primary N) is 1. The van der Waals surface area contributed by atoms with E-state index in [9.17, 15) is 8.78 Å². The van der Waals surface area contributed by atoms with Crippen LogP contribution in [0.15, 0.2) is 18.2 Å². The summed E-state index contributed by atoms with van der Waals surface area (Å²) in [5.74, 6) is -3.34. The lowest BCUT2D eigenvalue weighted by atomic mass is 9.84. The molecule has 0 radical (unpaired) electrons. The second-order valence-corrected chi connectivity index (χ2v) is 4.96. The van der Waals surface area contributed by atoms with Gasteiger partial charge in [0.25, 0.3) is 5.92 Å². The second-order valence-electron chi connectivity index (χ2n) is 4.96. The van der Waals surface area contributed by atoms with Gasteiger partial charge in [0.2, 0.25) is 0 Å². The first-order valence-corrected chi connectivity index (χ1v) is 5.82. The highest BCUT2D eigenvalue weighted by Crippen LogP contribution is 2.41. The maximum absolute atomic E-state index is 14.0. The van der Waals surface area contributed by atoms with Gasteiger partial charge >= 0.3 is 0 Å². The van der Waals surface area contributed by atoms with Gasteiger partial charge in [0.15, 0.2) is 0 Å². The summed E-state index contributed by atoms with van der Waals surface area (Å²) in [4.78, 5) is 1.68. The van der Waals surface area contributed by atoms with Crippen LogP contribution >= 0.6 is 0 Å². The summed E-state index contributed by atoms with van der Waals surface area (Å²) < 4.78 is 28.0. The summed E-state index contributed by atoms with van der Waals surface area (Å²) in [6.07, 6.45) is 0.494. The first kappa shape index (κ1) is 12.3. The molecule has 1 atom stereocenters. The zero-order valence-electron chi connectivity index (χ0n) is 10.2. The summed E-state index contributed by atoms with van der Waals surface area (Å²) in [6.45, 7) is 2.39. The fourth-order valence-corrected chi connectivity index (χ4v) is 2.58. The lowest BCUT2D eigenvalue weighted by molar-refractivity contribution is -0.0767. The Hall–Kier alpha value is -1.16. The van der Waals surface area contributed by atoms with E-state index in [0.29, 0.717) is 18.7 Å². The van der Waals surface area contributed by atoms with E-state index in [1.54, 1.807) is 30.1 Å². The predicted octanol–water partition coefficient (Wildman–Crippen LogP) is 2.63. The van der Waals surface area contributed by atoms with E-state index < -0.39 is 11.8 Å². The second kappa shape index (κ2) is 4.26. The van der Waals surface area contributed by atoms with Crippen LogP contribution in [0.1, 0.15) is 23.5 Å². The molecule has 1 unspecified atom stereocenters. The van der Waals surface area contributed by atoms with Crippen molar-refractivity contribution in [2.24, 2.45) is 0 Å². The molecule has 0 bridgehead atoms. The van der Waals surface area contributed by atoms with Gasteiger partial charge in [-0.2, -0.15) is 0 Å². The fourth-order valence-electron chi connectivity index (χ4n) is 2.58. The Balaban J connectivity index is 2.33. The predicted molar refractivity (Wildman–Crippen MR) is 65.4 cm³/mol. The van der Waals surface area contributed by atoms with Gasteiger partial charge in [-0.3, -0.25) is 0 Å². The van der Waals surface area contributed by atoms with Crippen LogP contribution in [-0.4, -0.2) is 31.0 Å². The number of piperidine rings is 1. The maximum atomic E-state index is 14.0. The van der Waals surface area contributed by atoms with E-state index in [4.69, 9.17) is 5.73 Å². The van der Waals surface area contributed by atoms with Crippen LogP contribution in [0.5, 0.6) is 0 Å². The Kier molecular flexibility index (Phi) is 3.08. The van der Waals surface area contributed by atoms with Crippen LogP contribution in [0.4, 0.5) is 14.5 Å². The maximum Gasteiger partial charge on any atom is 0.267 e. The quantitative estimate of drug-likeness (QED) is 0.765. The molecule has 1 aromatic rings. The topological polar surface area (TPSA) is 29.3 Å². The largest absolute Gasteiger partial charge is 0.399 e. The van der Waals surface area contributed by atoms with Crippen LogP contribution in [0.25, 0.3) is 0 Å². The number of alkyl halides is 2. The minimum absolute atomic E-state index is 0.165. The third-order valence-corrected chi connectivity index (χ3v) is 3.46. The number of anilines is 1. The summed E-state index contributed by atoms with van der Waals surface area (Å²) in [7, 11) is 1.74. The van der Waals surface area contributed by atoms with E-state index in [0.717, 1.165) is 11.1 Å². The van der Waals surface area contributed by atoms with Crippen molar-refractivity contribution >= 4 is 5.69 Å². The molecule has 4 heteroatoms. The number of nitrogens with zero attached hydrogens (tertiary/aromatic N) is 1. The first-order chi connectivity index (χ1) is 7.90. The molecule has 1 saturated heterocycles. The normalized spacial score (nSPS) is 24.8. The number of benzene rings is 1. The number of likely N-dealkylation sites (tertiary alicyclic amines) is 1. The van der Waals surface area contributed by atoms with Gasteiger partial charge < -0.3 is 10.6 Å². The van der Waals surface area contributed by atoms with Crippen molar-refractivity contribution in [1.82, 2.24) is 4.90 Å². The summed E-state index contributed by atoms with van der Waals surface area (Å²) in [6, 6.07) is 5.22. The minimum Gasteiger partial charge on any atom is -0.399 e. The standard InChI is InChI=1S/C13H18F2N2/c1-9-7-10(16)3-4-11(9)12-5-6-17(2)8-13(12,14)15/h3-4,7,12H,5-6,8,16H2,1-2H3. The average Bonchev–Trinajstić information content (AvgIpc) is 2.18. The smallest absolute Gasteiger partial charge is 0.267 e. The molecule has 1 aromatic carbocycles. The molecule has 2 rings (SSSR count). The molecular formula is C13H18F2N2. The molecule has 0 saturated carbocycles. The number of aryl methyl sites for hydroxylation is 1. The van der Waals surface area contributed by atoms with Crippen molar-refractivity contribution in [3.05, 3.63) is 29.3 Å². The van der Waals surface area contributed by atoms with Crippen LogP contribution in [0.3, 0.4) is 0 Å². The Morgan fingerprint density at radius 3 is 2.71 bits per heavy atom. The van der Waals surface area contributed by atoms with E-state index in [1.807, 2.05) is 6.92 Å². The summed E-state index contributed by atoms with van der Waals surface area (Å²) in [5.41, 5.74) is 7.87. The lowest BCUT2D eigenvalue weighted by Gasteiger charge is -2.37. The zero-order chi connectivity index (χ0) is 12.6. The molecule has 1 aliphatic rings. The molecule has 0 aliphatic carbocycles. The lowest BCUT2D eigenvalue weighted by Crippen LogP contribution is -2.45. The Labute approximate surface area is 100 Å². The molecule has 1 aliphatic heterocycles. The van der Waals surface area contributed by atoms with Crippen molar-refractivity contribution in [3.63, 3.8) is 0 Å². The van der Waals surface area contributed by atoms with Gasteiger partial charge in [-0.15, -0.1) is 0 Å². The number of hydrogen-bond acceptors (Lipinski definition) is 2. The van der Waals surface area contributed by atoms with Crippen molar-refractivity contribution in [2.45, 2.75) is 25.2 Å². The highest BCUT2D eigenvalue weighted by atomic mass is 19.3. The van der Waals surface area contributed by atoms with E-state index in [-0.39, 0.29) is 6.54 Å². The third kappa shape index (κ3) is 2.41. The van der Waals surface area contributed by atoms with Gasteiger partial charge in [0, 0.05) is 5.69 Å². The SMILES string of the molecule is Cc1cc(N)ccc1C1CCN(C)CC1(F)F. The Morgan fingerprint density at radius 1 is 1.41 bits per heavy atom. The van der Waals surface area contributed by atoms with E-state index in [2.05, 4.69) is 0 Å². The molecule has 0 spiro atoms. The molecule has 2 nitrogen and oxygen atoms in total. The molecule has 0 amide bonds. The van der Waals surface area contributed by atoms with Gasteiger partial charge in [0.05, 0.1) is 12.5 Å². The monoisotopic (exact) mass is 240 g/mol. The molecule has 1 fully saturated rings. The average molecular weight is 240 g/mol. The first-order valence-electron chi connectivity index (χ1n) is 5.82. The van der Waals surface area contributed by atoms with Gasteiger partial charge in [0.1, 0.15) is 0 Å². The number of hydrogen-bond donors (Lipinski definition) is 1. The Morgan fingerprint density at radius 2 is 2.12 bits per heavy atom. The Bertz CT molecular complexity index is 418. The highest BCUT2D eigenvalue weighted by Gasteiger charge is 2.44. The van der Waals surface area contributed by atoms with Crippen LogP contribution in [0, 0.1) is 6.92 Å². The molecule has 2 N–H and O–H groups in total. The van der Waals surface area contributed by atoms with Crippen molar-refractivity contribution in [1.29, 1.82) is 0 Å². The number of halogens is 2. The van der Waals surface area contributed by atoms with Crippen LogP contribution in [0.2, 0.25) is 0 Å². The molecular weight excluding hydrogens is 222 g/mol. The molecule has 0 aromatic heterocycles. The fraction of sp³-hybridized carbons (Fsp3) is 0.538. The highest BCUT2D eigenvalue weighted by molar-refractivity contribution is 5.46. The summed E-state index contributed by atoms with van der Waals surface area (Å²) in [5, 5.41) is 0. The molecule has 17 heavy (non-hydrogen) atoms. The van der Waals surface area contributed by atoms with Crippen LogP contribution in [-0.2, 0) is 0 Å². The minimum atomic E-state index is -2.66. The van der Waals surface area contributed by atoms with E-state index in [1.165, 1.54) is 0 Å². The van der Waals surface area contributed by atoms with Crippen molar-refractivity contribution < 1.29 is 8.78 Å². The molecule has 94 valence electrons. The van der Waals surface area contributed by atoms with Gasteiger partial charge in [-0.05, 0) is 50.2 Å². The van der Waals surface area contributed by atoms with E-state index >= 15 is 0 Å². The van der Waals surface area contributed by atoms with Gasteiger partial charge in [-0.1, -0.05) is 6.07 Å². The van der Waals surface area contributed by atoms with Crippen LogP contribution < -0.4 is 5.73 Å². The number of nitrogen functional groups attached to an aromatic ring is 1. The van der Waals surface area contributed by atoms with Crippen molar-refractivity contribution in [2.75, 3.05) is 25.9 Å². The zero-order valence-corrected chi connectivity index (χ0v) is 10.2. The van der Waals surface area contributed by atoms with Gasteiger partial charge in [-0.25, -0.2) is 8.78 Å². The summed E-state index contributed by atoms with van der Waals surface area (Å²) >= 11 is 0. The number of rotatable bonds is 1. The van der Waals surface area contributed by atoms with Crippen molar-refractivity contribution in [3.8, 4) is 0 Å². The molecule has 1 heterocycles. The third-order valence-electron chi connectivity index (χ3n) is 3.46.